The van der Waals surface area contributed by atoms with Gasteiger partial charge in [0, 0.05) is 41.2 Å². The predicted molar refractivity (Wildman–Crippen MR) is 211 cm³/mol. The molecule has 4 rings (SSSR count). The maximum atomic E-state index is 14.2. The fourth-order valence-electron chi connectivity index (χ4n) is 4.88. The van der Waals surface area contributed by atoms with Crippen molar-refractivity contribution in [2.45, 2.75) is 64.7 Å². The van der Waals surface area contributed by atoms with Crippen LogP contribution >= 0.6 is 127 Å². The predicted octanol–water partition coefficient (Wildman–Crippen LogP) is 16.4. The molecule has 0 unspecified atom stereocenters. The lowest BCUT2D eigenvalue weighted by Gasteiger charge is -2.39. The van der Waals surface area contributed by atoms with Crippen LogP contribution in [0.5, 0.6) is 0 Å². The zero-order valence-corrected chi connectivity index (χ0v) is 38.6. The van der Waals surface area contributed by atoms with E-state index in [2.05, 4.69) is 179 Å². The lowest BCUT2D eigenvalue weighted by molar-refractivity contribution is -0.288. The van der Waals surface area contributed by atoms with Crippen molar-refractivity contribution in [3.8, 4) is 0 Å². The van der Waals surface area contributed by atoms with Gasteiger partial charge >= 0.3 is 12.4 Å². The van der Waals surface area contributed by atoms with Crippen LogP contribution in [-0.2, 0) is 10.8 Å². The summed E-state index contributed by atoms with van der Waals surface area (Å²) < 4.78 is 90.2. The van der Waals surface area contributed by atoms with Gasteiger partial charge in [0.05, 0.1) is 0 Å². The summed E-state index contributed by atoms with van der Waals surface area (Å²) in [6.45, 7) is 11.8. The molecule has 48 heavy (non-hydrogen) atoms. The molecule has 0 aliphatic carbocycles. The van der Waals surface area contributed by atoms with E-state index in [1.54, 1.807) is 13.8 Å². The average Bonchev–Trinajstić information content (AvgIpc) is 2.94. The largest absolute Gasteiger partial charge is 0.411 e. The first-order valence-electron chi connectivity index (χ1n) is 13.8. The van der Waals surface area contributed by atoms with E-state index in [0.717, 1.165) is 42.2 Å². The quantitative estimate of drug-likeness (QED) is 0.179. The molecule has 0 spiro atoms. The van der Waals surface area contributed by atoms with E-state index in [0.29, 0.717) is 11.1 Å². The highest BCUT2D eigenvalue weighted by molar-refractivity contribution is 9.12. The van der Waals surface area contributed by atoms with Gasteiger partial charge in [-0.05, 0) is 121 Å². The molecule has 0 amide bonds. The Hall–Kier alpha value is 0.300. The highest BCUT2D eigenvalue weighted by Gasteiger charge is 2.72. The van der Waals surface area contributed by atoms with Crippen molar-refractivity contribution in [1.82, 2.24) is 0 Å². The van der Waals surface area contributed by atoms with E-state index in [9.17, 15) is 26.3 Å². The molecule has 0 fully saturated rings. The maximum Gasteiger partial charge on any atom is 0.411 e. The van der Waals surface area contributed by atoms with E-state index in [-0.39, 0.29) is 23.3 Å². The molecule has 4 aromatic rings. The summed E-state index contributed by atoms with van der Waals surface area (Å²) >= 11 is 26.8. The van der Waals surface area contributed by atoms with Gasteiger partial charge in [-0.3, -0.25) is 0 Å². The van der Waals surface area contributed by atoms with Crippen molar-refractivity contribution >= 4 is 127 Å². The van der Waals surface area contributed by atoms with Crippen molar-refractivity contribution in [2.24, 2.45) is 0 Å². The van der Waals surface area contributed by atoms with Crippen molar-refractivity contribution in [2.75, 3.05) is 0 Å². The topological polar surface area (TPSA) is 0 Å². The molecule has 0 heterocycles. The minimum absolute atomic E-state index is 0.0858. The van der Waals surface area contributed by atoms with Crippen LogP contribution in [0.4, 0.5) is 26.3 Å². The Morgan fingerprint density at radius 1 is 0.354 bits per heavy atom. The van der Waals surface area contributed by atoms with Crippen LogP contribution in [0.2, 0.25) is 0 Å². The average molecular weight is 1190 g/mol. The first-order chi connectivity index (χ1) is 21.8. The second kappa shape index (κ2) is 15.7. The van der Waals surface area contributed by atoms with Crippen LogP contribution in [0.25, 0.3) is 0 Å². The lowest BCUT2D eigenvalue weighted by Crippen LogP contribution is -2.54. The molecule has 0 saturated carbocycles. The smallest absolute Gasteiger partial charge is 0.169 e. The summed E-state index contributed by atoms with van der Waals surface area (Å²) in [5.74, 6) is 0. The molecule has 4 aromatic carbocycles. The van der Waals surface area contributed by atoms with E-state index < -0.39 is 28.9 Å². The number of benzene rings is 4. The minimum atomic E-state index is -5.65. The van der Waals surface area contributed by atoms with Gasteiger partial charge < -0.3 is 0 Å². The Morgan fingerprint density at radius 3 is 0.688 bits per heavy atom. The van der Waals surface area contributed by atoms with Gasteiger partial charge in [-0.1, -0.05) is 141 Å². The van der Waals surface area contributed by atoms with Gasteiger partial charge in [0.15, 0.2) is 0 Å². The Kier molecular flexibility index (Phi) is 14.0. The number of halogens is 14. The first-order valence-corrected chi connectivity index (χ1v) is 20.1. The third kappa shape index (κ3) is 8.41. The maximum absolute atomic E-state index is 14.2. The molecule has 0 N–H and O–H groups in total. The monoisotopic (exact) mass is 1180 g/mol. The standard InChI is InChI=1S/C17H10Br4F6.C17H16Br4/c1-7-11(18)3-9(4-12(7)19)15(16(22,23)24,17(25,26)27)10-5-13(20)8(2)14(21)6-10;1-9-13(18)5-11(6-14(9)19)17(3,4)12-7-15(20)10(2)16(21)8-12/h3-6H,1-2H3;5-8H,1-4H3. The van der Waals surface area contributed by atoms with Gasteiger partial charge in [0.2, 0.25) is 5.41 Å². The SMILES string of the molecule is Cc1c(Br)cc(C(C)(C)c2cc(Br)c(C)c(Br)c2)cc1Br.Cc1c(Br)cc(C(c2cc(Br)c(C)c(Br)c2)(C(F)(F)F)C(F)(F)F)cc1Br. The molecular weight excluding hydrogens is 1160 g/mol. The highest BCUT2D eigenvalue weighted by atomic mass is 79.9. The van der Waals surface area contributed by atoms with E-state index in [4.69, 9.17) is 0 Å². The number of alkyl halides is 6. The van der Waals surface area contributed by atoms with Crippen LogP contribution in [0.3, 0.4) is 0 Å². The Morgan fingerprint density at radius 2 is 0.521 bits per heavy atom. The zero-order valence-electron chi connectivity index (χ0n) is 25.9. The van der Waals surface area contributed by atoms with Crippen LogP contribution in [0, 0.1) is 27.7 Å². The minimum Gasteiger partial charge on any atom is -0.169 e. The molecule has 0 saturated heterocycles. The van der Waals surface area contributed by atoms with Gasteiger partial charge in [0.1, 0.15) is 0 Å². The van der Waals surface area contributed by atoms with Crippen LogP contribution < -0.4 is 0 Å². The molecule has 0 nitrogen and oxygen atoms in total. The normalized spacial score (nSPS) is 12.6. The molecule has 260 valence electrons. The van der Waals surface area contributed by atoms with E-state index in [1.807, 2.05) is 0 Å². The highest BCUT2D eigenvalue weighted by Crippen LogP contribution is 2.58. The third-order valence-electron chi connectivity index (χ3n) is 8.28. The molecule has 0 bridgehead atoms. The van der Waals surface area contributed by atoms with Crippen molar-refractivity contribution in [1.29, 1.82) is 0 Å². The van der Waals surface area contributed by atoms with Gasteiger partial charge in [-0.25, -0.2) is 0 Å². The Bertz CT molecular complexity index is 1640. The van der Waals surface area contributed by atoms with Crippen LogP contribution in [0.15, 0.2) is 84.3 Å². The van der Waals surface area contributed by atoms with E-state index in [1.165, 1.54) is 22.3 Å². The summed E-state index contributed by atoms with van der Waals surface area (Å²) in [6, 6.07) is 12.3. The summed E-state index contributed by atoms with van der Waals surface area (Å²) in [6.07, 6.45) is -11.3. The summed E-state index contributed by atoms with van der Waals surface area (Å²) in [5.41, 5.74) is -0.198. The van der Waals surface area contributed by atoms with Gasteiger partial charge in [-0.15, -0.1) is 0 Å². The molecule has 0 aliphatic heterocycles. The van der Waals surface area contributed by atoms with Crippen molar-refractivity contribution in [3.05, 3.63) is 129 Å². The lowest BCUT2D eigenvalue weighted by atomic mass is 9.72. The van der Waals surface area contributed by atoms with Crippen molar-refractivity contribution < 1.29 is 26.3 Å². The molecule has 0 atom stereocenters. The van der Waals surface area contributed by atoms with Crippen LogP contribution in [-0.4, -0.2) is 12.4 Å². The third-order valence-corrected chi connectivity index (χ3v) is 14.9. The fraction of sp³-hybridized carbons (Fsp3) is 0.294. The second-order valence-electron chi connectivity index (χ2n) is 11.6. The molecule has 14 heteroatoms. The summed E-state index contributed by atoms with van der Waals surface area (Å²) in [4.78, 5) is 0. The fourth-order valence-corrected chi connectivity index (χ4v) is 9.63. The molecule has 0 aliphatic rings. The summed E-state index contributed by atoms with van der Waals surface area (Å²) in [5, 5.41) is 0. The Balaban J connectivity index is 0.000000269. The molecular formula is C34H26Br8F6. The molecule has 0 radical (unpaired) electrons. The number of hydrogen-bond donors (Lipinski definition) is 0. The van der Waals surface area contributed by atoms with Crippen LogP contribution in [0.1, 0.15) is 58.4 Å². The van der Waals surface area contributed by atoms with E-state index >= 15 is 0 Å². The summed E-state index contributed by atoms with van der Waals surface area (Å²) in [7, 11) is 0. The second-order valence-corrected chi connectivity index (χ2v) is 18.5. The molecule has 0 aromatic heterocycles. The number of hydrogen-bond acceptors (Lipinski definition) is 0. The van der Waals surface area contributed by atoms with Crippen molar-refractivity contribution in [3.63, 3.8) is 0 Å². The number of rotatable bonds is 4. The van der Waals surface area contributed by atoms with Gasteiger partial charge in [0.25, 0.3) is 0 Å². The first kappa shape index (κ1) is 42.7. The Labute approximate surface area is 343 Å². The van der Waals surface area contributed by atoms with Gasteiger partial charge in [-0.2, -0.15) is 26.3 Å². The zero-order chi connectivity index (χ0) is 36.9.